The molecule has 1 aromatic heterocycles. The Morgan fingerprint density at radius 2 is 2.04 bits per heavy atom. The van der Waals surface area contributed by atoms with Gasteiger partial charge in [0.25, 0.3) is 0 Å². The van der Waals surface area contributed by atoms with E-state index in [0.29, 0.717) is 30.0 Å². The zero-order chi connectivity index (χ0) is 18.0. The molecule has 0 fully saturated rings. The van der Waals surface area contributed by atoms with Gasteiger partial charge in [-0.15, -0.1) is 11.3 Å². The number of nitrogens with one attached hydrogen (secondary N) is 1. The van der Waals surface area contributed by atoms with Crippen LogP contribution in [-0.4, -0.2) is 24.1 Å². The molecule has 134 valence electrons. The predicted molar refractivity (Wildman–Crippen MR) is 99.9 cm³/mol. The van der Waals surface area contributed by atoms with Crippen LogP contribution in [0.5, 0.6) is 11.5 Å². The third kappa shape index (κ3) is 3.63. The minimum absolute atomic E-state index is 0.0887. The van der Waals surface area contributed by atoms with E-state index in [4.69, 9.17) is 9.47 Å². The number of benzene rings is 1. The lowest BCUT2D eigenvalue weighted by molar-refractivity contribution is -0.120. The average Bonchev–Trinajstić information content (AvgIpc) is 3.09. The summed E-state index contributed by atoms with van der Waals surface area (Å²) in [5.74, 6) is 1.73. The molecular weight excluding hydrogens is 336 g/mol. The van der Waals surface area contributed by atoms with Crippen molar-refractivity contribution in [1.82, 2.24) is 4.98 Å². The molecule has 1 aromatic carbocycles. The molecule has 0 bridgehead atoms. The molecule has 0 saturated heterocycles. The predicted octanol–water partition coefficient (Wildman–Crippen LogP) is 4.34. The lowest BCUT2D eigenvalue weighted by atomic mass is 9.83. The second kappa shape index (κ2) is 7.04. The molecule has 1 atom stereocenters. The molecule has 2 heterocycles. The van der Waals surface area contributed by atoms with Crippen LogP contribution in [0, 0.1) is 0 Å². The number of carbonyl (C=O) groups is 1. The Bertz CT molecular complexity index is 770. The van der Waals surface area contributed by atoms with E-state index < -0.39 is 5.41 Å². The van der Waals surface area contributed by atoms with Crippen molar-refractivity contribution in [2.45, 2.75) is 45.4 Å². The molecule has 2 aromatic rings. The summed E-state index contributed by atoms with van der Waals surface area (Å²) in [6, 6.07) is 5.67. The first-order chi connectivity index (χ1) is 11.9. The molecule has 0 radical (unpaired) electrons. The summed E-state index contributed by atoms with van der Waals surface area (Å²) in [6.07, 6.45) is 1.03. The number of hydrogen-bond donors (Lipinski definition) is 1. The number of fused-ring (bicyclic) bond motifs is 1. The molecule has 3 rings (SSSR count). The van der Waals surface area contributed by atoms with Crippen molar-refractivity contribution in [1.29, 1.82) is 0 Å². The van der Waals surface area contributed by atoms with Gasteiger partial charge >= 0.3 is 0 Å². The molecule has 1 aliphatic heterocycles. The van der Waals surface area contributed by atoms with Gasteiger partial charge in [0.05, 0.1) is 11.1 Å². The number of nitrogens with zero attached hydrogens (tertiary/aromatic N) is 1. The van der Waals surface area contributed by atoms with Crippen molar-refractivity contribution >= 4 is 22.4 Å². The Morgan fingerprint density at radius 3 is 2.76 bits per heavy atom. The number of thiazole rings is 1. The summed E-state index contributed by atoms with van der Waals surface area (Å²) >= 11 is 1.47. The van der Waals surface area contributed by atoms with E-state index in [0.717, 1.165) is 23.4 Å². The number of anilines is 1. The summed E-state index contributed by atoms with van der Waals surface area (Å²) in [5.41, 5.74) is 1.20. The van der Waals surface area contributed by atoms with Gasteiger partial charge in [0.2, 0.25) is 5.91 Å². The molecule has 25 heavy (non-hydrogen) atoms. The highest BCUT2D eigenvalue weighted by atomic mass is 32.1. The highest BCUT2D eigenvalue weighted by molar-refractivity contribution is 7.13. The van der Waals surface area contributed by atoms with Gasteiger partial charge < -0.3 is 14.8 Å². The lowest BCUT2D eigenvalue weighted by Crippen LogP contribution is -2.34. The van der Waals surface area contributed by atoms with Gasteiger partial charge in [0.15, 0.2) is 16.6 Å². The SMILES string of the molecule is CCC(C)c1csc(NC(=O)C(C)(C)c2ccc3c(c2)OCCO3)n1. The second-order valence-electron chi connectivity index (χ2n) is 6.82. The zero-order valence-electron chi connectivity index (χ0n) is 15.1. The van der Waals surface area contributed by atoms with E-state index in [2.05, 4.69) is 24.1 Å². The maximum Gasteiger partial charge on any atom is 0.236 e. The maximum atomic E-state index is 12.8. The molecule has 5 nitrogen and oxygen atoms in total. The van der Waals surface area contributed by atoms with Crippen LogP contribution in [0.2, 0.25) is 0 Å². The van der Waals surface area contributed by atoms with Crippen LogP contribution in [0.25, 0.3) is 0 Å². The summed E-state index contributed by atoms with van der Waals surface area (Å²) in [5, 5.41) is 5.62. The van der Waals surface area contributed by atoms with Crippen LogP contribution in [0.4, 0.5) is 5.13 Å². The summed E-state index contributed by atoms with van der Waals surface area (Å²) in [4.78, 5) is 17.4. The highest BCUT2D eigenvalue weighted by Gasteiger charge is 2.32. The Morgan fingerprint density at radius 1 is 1.32 bits per heavy atom. The summed E-state index contributed by atoms with van der Waals surface area (Å²) in [7, 11) is 0. The minimum Gasteiger partial charge on any atom is -0.486 e. The van der Waals surface area contributed by atoms with Crippen LogP contribution < -0.4 is 14.8 Å². The standard InChI is InChI=1S/C19H24N2O3S/c1-5-12(2)14-11-25-18(20-14)21-17(22)19(3,4)13-6-7-15-16(10-13)24-9-8-23-15/h6-7,10-12H,5,8-9H2,1-4H3,(H,20,21,22). The van der Waals surface area contributed by atoms with Gasteiger partial charge in [-0.05, 0) is 43.9 Å². The van der Waals surface area contributed by atoms with Gasteiger partial charge in [-0.3, -0.25) is 4.79 Å². The fraction of sp³-hybridized carbons (Fsp3) is 0.474. The first-order valence-corrected chi connectivity index (χ1v) is 9.46. The molecule has 0 spiro atoms. The molecule has 1 amide bonds. The third-order valence-corrected chi connectivity index (χ3v) is 5.47. The minimum atomic E-state index is -0.710. The van der Waals surface area contributed by atoms with Gasteiger partial charge in [0, 0.05) is 5.38 Å². The van der Waals surface area contributed by atoms with E-state index in [9.17, 15) is 4.79 Å². The summed E-state index contributed by atoms with van der Waals surface area (Å²) in [6.45, 7) is 9.15. The number of rotatable bonds is 5. The van der Waals surface area contributed by atoms with Gasteiger partial charge in [-0.2, -0.15) is 0 Å². The first kappa shape index (κ1) is 17.7. The first-order valence-electron chi connectivity index (χ1n) is 8.58. The average molecular weight is 360 g/mol. The quantitative estimate of drug-likeness (QED) is 0.861. The number of amides is 1. The maximum absolute atomic E-state index is 12.8. The van der Waals surface area contributed by atoms with E-state index in [1.807, 2.05) is 37.4 Å². The molecule has 1 aliphatic rings. The van der Waals surface area contributed by atoms with Crippen molar-refractivity contribution in [2.24, 2.45) is 0 Å². The topological polar surface area (TPSA) is 60.5 Å². The normalized spacial score (nSPS) is 14.9. The van der Waals surface area contributed by atoms with Crippen molar-refractivity contribution < 1.29 is 14.3 Å². The molecular formula is C19H24N2O3S. The largest absolute Gasteiger partial charge is 0.486 e. The lowest BCUT2D eigenvalue weighted by Gasteiger charge is -2.26. The smallest absolute Gasteiger partial charge is 0.236 e. The highest BCUT2D eigenvalue weighted by Crippen LogP contribution is 2.36. The Labute approximate surface area is 152 Å². The second-order valence-corrected chi connectivity index (χ2v) is 7.68. The monoisotopic (exact) mass is 360 g/mol. The fourth-order valence-electron chi connectivity index (χ4n) is 2.60. The van der Waals surface area contributed by atoms with Crippen molar-refractivity contribution in [2.75, 3.05) is 18.5 Å². The van der Waals surface area contributed by atoms with E-state index in [-0.39, 0.29) is 5.91 Å². The molecule has 1 unspecified atom stereocenters. The zero-order valence-corrected chi connectivity index (χ0v) is 15.9. The van der Waals surface area contributed by atoms with Crippen molar-refractivity contribution in [3.05, 3.63) is 34.8 Å². The van der Waals surface area contributed by atoms with Gasteiger partial charge in [0.1, 0.15) is 13.2 Å². The molecule has 6 heteroatoms. The van der Waals surface area contributed by atoms with E-state index in [1.165, 1.54) is 11.3 Å². The number of carbonyl (C=O) groups excluding carboxylic acids is 1. The molecule has 0 saturated carbocycles. The summed E-state index contributed by atoms with van der Waals surface area (Å²) < 4.78 is 11.2. The molecule has 1 N–H and O–H groups in total. The Hall–Kier alpha value is -2.08. The van der Waals surface area contributed by atoms with Crippen LogP contribution in [0.3, 0.4) is 0 Å². The Kier molecular flexibility index (Phi) is 4.99. The number of hydrogen-bond acceptors (Lipinski definition) is 5. The van der Waals surface area contributed by atoms with Gasteiger partial charge in [-0.1, -0.05) is 19.9 Å². The van der Waals surface area contributed by atoms with E-state index in [1.54, 1.807) is 0 Å². The fourth-order valence-corrected chi connectivity index (χ4v) is 3.42. The van der Waals surface area contributed by atoms with Gasteiger partial charge in [-0.25, -0.2) is 4.98 Å². The third-order valence-electron chi connectivity index (χ3n) is 4.69. The van der Waals surface area contributed by atoms with Crippen molar-refractivity contribution in [3.63, 3.8) is 0 Å². The van der Waals surface area contributed by atoms with E-state index >= 15 is 0 Å². The number of ether oxygens (including phenoxy) is 2. The molecule has 0 aliphatic carbocycles. The number of aromatic nitrogens is 1. The van der Waals surface area contributed by atoms with Crippen LogP contribution in [0.1, 0.15) is 51.3 Å². The van der Waals surface area contributed by atoms with Crippen LogP contribution >= 0.6 is 11.3 Å². The van der Waals surface area contributed by atoms with Crippen LogP contribution in [-0.2, 0) is 10.2 Å². The van der Waals surface area contributed by atoms with Crippen molar-refractivity contribution in [3.8, 4) is 11.5 Å². The van der Waals surface area contributed by atoms with Crippen LogP contribution in [0.15, 0.2) is 23.6 Å². The Balaban J connectivity index is 1.77.